The summed E-state index contributed by atoms with van der Waals surface area (Å²) < 4.78 is 1.47. The molecule has 2 aromatic rings. The second-order valence-electron chi connectivity index (χ2n) is 6.77. The van der Waals surface area contributed by atoms with E-state index in [1.807, 2.05) is 13.8 Å². The average Bonchev–Trinajstić information content (AvgIpc) is 2.39. The van der Waals surface area contributed by atoms with Gasteiger partial charge < -0.3 is 5.11 Å². The number of benzene rings is 1. The quantitative estimate of drug-likeness (QED) is 0.875. The van der Waals surface area contributed by atoms with Gasteiger partial charge in [0.05, 0.1) is 11.4 Å². The van der Waals surface area contributed by atoms with Crippen molar-refractivity contribution in [3.05, 3.63) is 57.0 Å². The Balaban J connectivity index is 2.71. The van der Waals surface area contributed by atoms with E-state index in [-0.39, 0.29) is 5.56 Å². The standard InChI is InChI=1S/C18H21ClN2O3/c1-11-8-13(19)9-12(2)16(11)20-10-14(6-7-15(20)22)21(17(23)24)18(3,4)5/h6-10H,1-5H3,(H,23,24). The van der Waals surface area contributed by atoms with E-state index >= 15 is 0 Å². The summed E-state index contributed by atoms with van der Waals surface area (Å²) in [5.41, 5.74) is 1.96. The molecule has 2 rings (SSSR count). The summed E-state index contributed by atoms with van der Waals surface area (Å²) in [6, 6.07) is 6.47. The molecule has 0 unspecified atom stereocenters. The van der Waals surface area contributed by atoms with Crippen LogP contribution in [0.15, 0.2) is 35.3 Å². The van der Waals surface area contributed by atoms with Gasteiger partial charge in [-0.1, -0.05) is 11.6 Å². The lowest BCUT2D eigenvalue weighted by Crippen LogP contribution is -2.45. The van der Waals surface area contributed by atoms with Crippen LogP contribution in [0.2, 0.25) is 5.02 Å². The Morgan fingerprint density at radius 3 is 2.17 bits per heavy atom. The van der Waals surface area contributed by atoms with Crippen molar-refractivity contribution in [3.63, 3.8) is 0 Å². The minimum Gasteiger partial charge on any atom is -0.465 e. The topological polar surface area (TPSA) is 62.5 Å². The molecule has 1 aromatic heterocycles. The highest BCUT2D eigenvalue weighted by molar-refractivity contribution is 6.30. The van der Waals surface area contributed by atoms with Gasteiger partial charge in [0.1, 0.15) is 0 Å². The SMILES string of the molecule is Cc1cc(Cl)cc(C)c1-n1cc(N(C(=O)O)C(C)(C)C)ccc1=O. The number of aryl methyl sites for hydroxylation is 2. The highest BCUT2D eigenvalue weighted by Gasteiger charge is 2.28. The Morgan fingerprint density at radius 2 is 1.71 bits per heavy atom. The lowest BCUT2D eigenvalue weighted by atomic mass is 10.1. The Morgan fingerprint density at radius 1 is 1.17 bits per heavy atom. The maximum atomic E-state index is 12.4. The number of rotatable bonds is 2. The van der Waals surface area contributed by atoms with Gasteiger partial charge in [-0.25, -0.2) is 4.79 Å². The van der Waals surface area contributed by atoms with Crippen LogP contribution in [0, 0.1) is 13.8 Å². The van der Waals surface area contributed by atoms with Crippen molar-refractivity contribution < 1.29 is 9.90 Å². The largest absolute Gasteiger partial charge is 0.465 e. The third-order valence-corrected chi connectivity index (χ3v) is 3.93. The monoisotopic (exact) mass is 348 g/mol. The number of halogens is 1. The maximum absolute atomic E-state index is 12.4. The highest BCUT2D eigenvalue weighted by Crippen LogP contribution is 2.27. The first-order valence-corrected chi connectivity index (χ1v) is 7.93. The summed E-state index contributed by atoms with van der Waals surface area (Å²) in [5.74, 6) is 0. The van der Waals surface area contributed by atoms with E-state index in [2.05, 4.69) is 0 Å². The van der Waals surface area contributed by atoms with Crippen LogP contribution in [0.4, 0.5) is 10.5 Å². The van der Waals surface area contributed by atoms with Crippen molar-refractivity contribution >= 4 is 23.4 Å². The van der Waals surface area contributed by atoms with Crippen molar-refractivity contribution in [2.75, 3.05) is 4.90 Å². The van der Waals surface area contributed by atoms with E-state index in [9.17, 15) is 14.7 Å². The Labute approximate surface area is 146 Å². The fourth-order valence-corrected chi connectivity index (χ4v) is 3.18. The van der Waals surface area contributed by atoms with Gasteiger partial charge in [-0.05, 0) is 63.9 Å². The van der Waals surface area contributed by atoms with E-state index in [0.29, 0.717) is 16.4 Å². The Hall–Kier alpha value is -2.27. The summed E-state index contributed by atoms with van der Waals surface area (Å²) in [7, 11) is 0. The van der Waals surface area contributed by atoms with Crippen molar-refractivity contribution in [2.45, 2.75) is 40.2 Å². The zero-order valence-electron chi connectivity index (χ0n) is 14.4. The normalized spacial score (nSPS) is 11.4. The molecule has 0 spiro atoms. The molecule has 128 valence electrons. The molecule has 5 nitrogen and oxygen atoms in total. The molecule has 0 saturated carbocycles. The molecule has 0 aliphatic heterocycles. The summed E-state index contributed by atoms with van der Waals surface area (Å²) in [6.45, 7) is 9.14. The Bertz CT molecular complexity index is 827. The molecule has 0 atom stereocenters. The number of amides is 1. The van der Waals surface area contributed by atoms with E-state index in [4.69, 9.17) is 11.6 Å². The molecule has 1 heterocycles. The van der Waals surface area contributed by atoms with E-state index in [1.54, 1.807) is 39.1 Å². The van der Waals surface area contributed by atoms with Crippen molar-refractivity contribution in [3.8, 4) is 5.69 Å². The number of hydrogen-bond acceptors (Lipinski definition) is 2. The van der Waals surface area contributed by atoms with Gasteiger partial charge in [-0.3, -0.25) is 14.3 Å². The number of nitrogens with zero attached hydrogens (tertiary/aromatic N) is 2. The summed E-state index contributed by atoms with van der Waals surface area (Å²) in [6.07, 6.45) is 0.488. The van der Waals surface area contributed by atoms with E-state index in [1.165, 1.54) is 21.6 Å². The van der Waals surface area contributed by atoms with Crippen LogP contribution in [-0.4, -0.2) is 21.3 Å². The van der Waals surface area contributed by atoms with Crippen LogP contribution < -0.4 is 10.5 Å². The molecule has 24 heavy (non-hydrogen) atoms. The van der Waals surface area contributed by atoms with Crippen molar-refractivity contribution in [1.82, 2.24) is 4.57 Å². The van der Waals surface area contributed by atoms with Crippen LogP contribution in [0.25, 0.3) is 5.69 Å². The fourth-order valence-electron chi connectivity index (χ4n) is 2.85. The number of aromatic nitrogens is 1. The lowest BCUT2D eigenvalue weighted by Gasteiger charge is -2.33. The number of carboxylic acid groups (broad SMARTS) is 1. The summed E-state index contributed by atoms with van der Waals surface area (Å²) >= 11 is 6.06. The zero-order valence-corrected chi connectivity index (χ0v) is 15.2. The lowest BCUT2D eigenvalue weighted by molar-refractivity contribution is 0.195. The molecule has 0 radical (unpaired) electrons. The molecule has 1 amide bonds. The predicted octanol–water partition coefficient (Wildman–Crippen LogP) is 4.39. The van der Waals surface area contributed by atoms with Gasteiger partial charge in [-0.15, -0.1) is 0 Å². The van der Waals surface area contributed by atoms with Crippen LogP contribution in [0.5, 0.6) is 0 Å². The first-order chi connectivity index (χ1) is 11.0. The van der Waals surface area contributed by atoms with Crippen LogP contribution in [0.3, 0.4) is 0 Å². The van der Waals surface area contributed by atoms with E-state index in [0.717, 1.165) is 11.1 Å². The first kappa shape index (κ1) is 18.1. The van der Waals surface area contributed by atoms with Crippen molar-refractivity contribution in [2.24, 2.45) is 0 Å². The first-order valence-electron chi connectivity index (χ1n) is 7.55. The molecule has 0 saturated heterocycles. The second-order valence-corrected chi connectivity index (χ2v) is 7.21. The molecule has 1 N–H and O–H groups in total. The van der Waals surface area contributed by atoms with E-state index < -0.39 is 11.6 Å². The van der Waals surface area contributed by atoms with Crippen LogP contribution in [-0.2, 0) is 0 Å². The third-order valence-electron chi connectivity index (χ3n) is 3.71. The van der Waals surface area contributed by atoms with Gasteiger partial charge in [0.2, 0.25) is 0 Å². The summed E-state index contributed by atoms with van der Waals surface area (Å²) in [4.78, 5) is 25.3. The summed E-state index contributed by atoms with van der Waals surface area (Å²) in [5, 5.41) is 10.2. The maximum Gasteiger partial charge on any atom is 0.412 e. The van der Waals surface area contributed by atoms with Gasteiger partial charge in [0.15, 0.2) is 0 Å². The fraction of sp³-hybridized carbons (Fsp3) is 0.333. The van der Waals surface area contributed by atoms with Crippen LogP contribution >= 0.6 is 11.6 Å². The number of carbonyl (C=O) groups is 1. The molecule has 6 heteroatoms. The molecular weight excluding hydrogens is 328 g/mol. The molecule has 0 aliphatic rings. The molecule has 1 aromatic carbocycles. The average molecular weight is 349 g/mol. The highest BCUT2D eigenvalue weighted by atomic mass is 35.5. The zero-order chi connectivity index (χ0) is 18.2. The molecule has 0 bridgehead atoms. The van der Waals surface area contributed by atoms with Gasteiger partial charge in [-0.2, -0.15) is 0 Å². The smallest absolute Gasteiger partial charge is 0.412 e. The predicted molar refractivity (Wildman–Crippen MR) is 96.8 cm³/mol. The third kappa shape index (κ3) is 3.46. The molecule has 0 aliphatic carbocycles. The Kier molecular flexibility index (Phi) is 4.76. The second kappa shape index (κ2) is 6.32. The number of anilines is 1. The minimum absolute atomic E-state index is 0.230. The number of hydrogen-bond donors (Lipinski definition) is 1. The minimum atomic E-state index is -1.07. The van der Waals surface area contributed by atoms with Crippen molar-refractivity contribution in [1.29, 1.82) is 0 Å². The molecule has 0 fully saturated rings. The van der Waals surface area contributed by atoms with Gasteiger partial charge in [0.25, 0.3) is 5.56 Å². The van der Waals surface area contributed by atoms with Gasteiger partial charge in [0, 0.05) is 22.8 Å². The molecular formula is C18H21ClN2O3. The number of pyridine rings is 1. The van der Waals surface area contributed by atoms with Crippen LogP contribution in [0.1, 0.15) is 31.9 Å². The van der Waals surface area contributed by atoms with Gasteiger partial charge >= 0.3 is 6.09 Å².